The minimum Gasteiger partial charge on any atom is -0.496 e. The number of benzene rings is 1. The molecule has 3 heteroatoms. The molecule has 0 heterocycles. The Morgan fingerprint density at radius 3 is 2.26 bits per heavy atom. The third-order valence-electron chi connectivity index (χ3n) is 4.22. The lowest BCUT2D eigenvalue weighted by Crippen LogP contribution is -2.50. The van der Waals surface area contributed by atoms with E-state index in [4.69, 9.17) is 4.74 Å². The second-order valence-corrected chi connectivity index (χ2v) is 5.03. The van der Waals surface area contributed by atoms with Gasteiger partial charge in [-0.3, -0.25) is 4.90 Å². The molecule has 108 valence electrons. The fraction of sp³-hybridized carbons (Fsp3) is 0.625. The Morgan fingerprint density at radius 2 is 1.79 bits per heavy atom. The fourth-order valence-electron chi connectivity index (χ4n) is 2.76. The Balaban J connectivity index is 3.17. The van der Waals surface area contributed by atoms with E-state index in [1.165, 1.54) is 0 Å². The minimum atomic E-state index is -0.562. The van der Waals surface area contributed by atoms with Crippen LogP contribution in [0.25, 0.3) is 0 Å². The van der Waals surface area contributed by atoms with E-state index in [0.29, 0.717) is 0 Å². The van der Waals surface area contributed by atoms with Crippen molar-refractivity contribution in [3.05, 3.63) is 29.8 Å². The summed E-state index contributed by atoms with van der Waals surface area (Å²) in [5.74, 6) is 0.752. The molecule has 0 saturated carbocycles. The molecular weight excluding hydrogens is 238 g/mol. The van der Waals surface area contributed by atoms with E-state index in [-0.39, 0.29) is 5.54 Å². The molecule has 19 heavy (non-hydrogen) atoms. The van der Waals surface area contributed by atoms with Gasteiger partial charge in [0.15, 0.2) is 0 Å². The first-order chi connectivity index (χ1) is 9.04. The SMILES string of the molecule is CCN(CC)C(C)(CC)C(O)c1ccccc1OC. The van der Waals surface area contributed by atoms with Crippen LogP contribution in [0.15, 0.2) is 24.3 Å². The lowest BCUT2D eigenvalue weighted by atomic mass is 9.84. The fourth-order valence-corrected chi connectivity index (χ4v) is 2.76. The largest absolute Gasteiger partial charge is 0.496 e. The maximum atomic E-state index is 10.9. The Kier molecular flexibility index (Phi) is 5.83. The summed E-state index contributed by atoms with van der Waals surface area (Å²) in [7, 11) is 1.65. The van der Waals surface area contributed by atoms with Crippen molar-refractivity contribution < 1.29 is 9.84 Å². The molecule has 1 N–H and O–H groups in total. The molecule has 0 fully saturated rings. The summed E-state index contributed by atoms with van der Waals surface area (Å²) in [6.07, 6.45) is 0.321. The first-order valence-electron chi connectivity index (χ1n) is 7.11. The average Bonchev–Trinajstić information content (AvgIpc) is 2.47. The van der Waals surface area contributed by atoms with Crippen molar-refractivity contribution in [2.75, 3.05) is 20.2 Å². The van der Waals surface area contributed by atoms with Crippen molar-refractivity contribution in [1.82, 2.24) is 4.90 Å². The van der Waals surface area contributed by atoms with Gasteiger partial charge in [0.05, 0.1) is 7.11 Å². The molecule has 3 nitrogen and oxygen atoms in total. The molecule has 0 spiro atoms. The van der Waals surface area contributed by atoms with Crippen LogP contribution in [0.2, 0.25) is 0 Å². The molecule has 2 atom stereocenters. The van der Waals surface area contributed by atoms with Crippen LogP contribution < -0.4 is 4.74 Å². The first kappa shape index (κ1) is 16.0. The summed E-state index contributed by atoms with van der Waals surface area (Å²) in [6.45, 7) is 10.4. The highest BCUT2D eigenvalue weighted by Gasteiger charge is 2.37. The maximum Gasteiger partial charge on any atom is 0.124 e. The summed E-state index contributed by atoms with van der Waals surface area (Å²) in [6, 6.07) is 7.72. The highest BCUT2D eigenvalue weighted by atomic mass is 16.5. The molecule has 1 aromatic rings. The van der Waals surface area contributed by atoms with Crippen LogP contribution in [0.1, 0.15) is 45.8 Å². The highest BCUT2D eigenvalue weighted by Crippen LogP contribution is 2.37. The van der Waals surface area contributed by atoms with Gasteiger partial charge < -0.3 is 9.84 Å². The summed E-state index contributed by atoms with van der Waals surface area (Å²) in [5, 5.41) is 10.9. The molecule has 2 unspecified atom stereocenters. The predicted octanol–water partition coefficient (Wildman–Crippen LogP) is 3.24. The van der Waals surface area contributed by atoms with Crippen molar-refractivity contribution in [2.45, 2.75) is 45.8 Å². The number of aliphatic hydroxyl groups excluding tert-OH is 1. The van der Waals surface area contributed by atoms with Gasteiger partial charge >= 0.3 is 0 Å². The van der Waals surface area contributed by atoms with Crippen molar-refractivity contribution in [3.63, 3.8) is 0 Å². The summed E-state index contributed by atoms with van der Waals surface area (Å²) < 4.78 is 5.37. The number of hydrogen-bond donors (Lipinski definition) is 1. The third-order valence-corrected chi connectivity index (χ3v) is 4.22. The van der Waals surface area contributed by atoms with E-state index in [0.717, 1.165) is 30.8 Å². The van der Waals surface area contributed by atoms with Crippen molar-refractivity contribution >= 4 is 0 Å². The number of likely N-dealkylation sites (N-methyl/N-ethyl adjacent to an activating group) is 1. The third kappa shape index (κ3) is 3.10. The van der Waals surface area contributed by atoms with E-state index >= 15 is 0 Å². The van der Waals surface area contributed by atoms with Crippen LogP contribution in [-0.2, 0) is 0 Å². The molecule has 1 rings (SSSR count). The van der Waals surface area contributed by atoms with Crippen LogP contribution in [0.5, 0.6) is 5.75 Å². The van der Waals surface area contributed by atoms with E-state index in [9.17, 15) is 5.11 Å². The minimum absolute atomic E-state index is 0.280. The molecule has 0 aliphatic carbocycles. The number of methoxy groups -OCH3 is 1. The van der Waals surface area contributed by atoms with Gasteiger partial charge in [-0.1, -0.05) is 39.0 Å². The molecule has 0 aliphatic heterocycles. The number of para-hydroxylation sites is 1. The molecule has 0 saturated heterocycles. The maximum absolute atomic E-state index is 10.9. The second kappa shape index (κ2) is 6.92. The molecular formula is C16H27NO2. The van der Waals surface area contributed by atoms with Crippen molar-refractivity contribution in [2.24, 2.45) is 0 Å². The van der Waals surface area contributed by atoms with Gasteiger partial charge in [0, 0.05) is 11.1 Å². The zero-order valence-electron chi connectivity index (χ0n) is 12.8. The molecule has 0 aliphatic rings. The Labute approximate surface area is 117 Å². The first-order valence-corrected chi connectivity index (χ1v) is 7.11. The monoisotopic (exact) mass is 265 g/mol. The van der Waals surface area contributed by atoms with Crippen LogP contribution in [0.3, 0.4) is 0 Å². The van der Waals surface area contributed by atoms with Crippen LogP contribution >= 0.6 is 0 Å². The van der Waals surface area contributed by atoms with Crippen molar-refractivity contribution in [3.8, 4) is 5.75 Å². The summed E-state index contributed by atoms with van der Waals surface area (Å²) >= 11 is 0. The lowest BCUT2D eigenvalue weighted by molar-refractivity contribution is -0.0224. The van der Waals surface area contributed by atoms with Crippen LogP contribution in [-0.4, -0.2) is 35.7 Å². The number of nitrogens with zero attached hydrogens (tertiary/aromatic N) is 1. The van der Waals surface area contributed by atoms with Gasteiger partial charge in [0.1, 0.15) is 11.9 Å². The van der Waals surface area contributed by atoms with Crippen molar-refractivity contribution in [1.29, 1.82) is 0 Å². The van der Waals surface area contributed by atoms with E-state index in [1.807, 2.05) is 24.3 Å². The van der Waals surface area contributed by atoms with Gasteiger partial charge in [-0.05, 0) is 32.5 Å². The topological polar surface area (TPSA) is 32.7 Å². The molecule has 0 bridgehead atoms. The number of hydrogen-bond acceptors (Lipinski definition) is 3. The Bertz CT molecular complexity index is 390. The van der Waals surface area contributed by atoms with Gasteiger partial charge in [0.2, 0.25) is 0 Å². The van der Waals surface area contributed by atoms with Gasteiger partial charge in [-0.25, -0.2) is 0 Å². The number of rotatable bonds is 7. The second-order valence-electron chi connectivity index (χ2n) is 5.03. The quantitative estimate of drug-likeness (QED) is 0.821. The molecule has 0 amide bonds. The van der Waals surface area contributed by atoms with Crippen LogP contribution in [0.4, 0.5) is 0 Å². The molecule has 0 radical (unpaired) electrons. The Morgan fingerprint density at radius 1 is 1.21 bits per heavy atom. The number of aliphatic hydroxyl groups is 1. The smallest absolute Gasteiger partial charge is 0.124 e. The zero-order valence-corrected chi connectivity index (χ0v) is 12.8. The predicted molar refractivity (Wildman–Crippen MR) is 79.6 cm³/mol. The lowest BCUT2D eigenvalue weighted by Gasteiger charge is -2.43. The van der Waals surface area contributed by atoms with E-state index < -0.39 is 6.10 Å². The zero-order chi connectivity index (χ0) is 14.5. The number of ether oxygens (including phenoxy) is 1. The van der Waals surface area contributed by atoms with E-state index in [1.54, 1.807) is 7.11 Å². The van der Waals surface area contributed by atoms with E-state index in [2.05, 4.69) is 32.6 Å². The molecule has 0 aromatic heterocycles. The molecule has 1 aromatic carbocycles. The standard InChI is InChI=1S/C16H27NO2/c1-6-16(4,17(7-2)8-3)15(18)13-11-9-10-12-14(13)19-5/h9-12,15,18H,6-8H2,1-5H3. The van der Waals surface area contributed by atoms with Gasteiger partial charge in [0.25, 0.3) is 0 Å². The highest BCUT2D eigenvalue weighted by molar-refractivity contribution is 5.36. The van der Waals surface area contributed by atoms with Gasteiger partial charge in [-0.15, -0.1) is 0 Å². The normalized spacial score (nSPS) is 16.2. The average molecular weight is 265 g/mol. The van der Waals surface area contributed by atoms with Crippen LogP contribution in [0, 0.1) is 0 Å². The summed E-state index contributed by atoms with van der Waals surface area (Å²) in [4.78, 5) is 2.31. The Hall–Kier alpha value is -1.06. The summed E-state index contributed by atoms with van der Waals surface area (Å²) in [5.41, 5.74) is 0.583. The van der Waals surface area contributed by atoms with Gasteiger partial charge in [-0.2, -0.15) is 0 Å².